The minimum Gasteiger partial charge on any atom is -0.478 e. The second kappa shape index (κ2) is 4.36. The summed E-state index contributed by atoms with van der Waals surface area (Å²) in [5.74, 6) is 2.58. The number of nitrogens with zero attached hydrogens (tertiary/aromatic N) is 1. The predicted octanol–water partition coefficient (Wildman–Crippen LogP) is -0.104. The number of amides is 1. The van der Waals surface area contributed by atoms with Gasteiger partial charge in [0.2, 0.25) is 0 Å². The zero-order valence-electron chi connectivity index (χ0n) is 7.84. The molecular weight excluding hydrogens is 218 g/mol. The summed E-state index contributed by atoms with van der Waals surface area (Å²) in [6, 6.07) is 2.85. The third kappa shape index (κ3) is 2.12. The molecule has 0 aliphatic heterocycles. The molecule has 8 heteroatoms. The largest absolute Gasteiger partial charge is 0.478 e. The number of hydrogen-bond donors (Lipinski definition) is 3. The molecule has 0 unspecified atom stereocenters. The van der Waals surface area contributed by atoms with Gasteiger partial charge < -0.3 is 5.11 Å². The summed E-state index contributed by atoms with van der Waals surface area (Å²) in [4.78, 5) is 31.6. The lowest BCUT2D eigenvalue weighted by atomic mass is 10.1. The van der Waals surface area contributed by atoms with Gasteiger partial charge in [0.1, 0.15) is 0 Å². The Hall–Kier alpha value is -2.48. The number of benzene rings is 1. The Balaban J connectivity index is 3.36. The number of nitrogens with two attached hydrogens (primary N) is 1. The number of hydrogen-bond acceptors (Lipinski definition) is 5. The second-order valence-corrected chi connectivity index (χ2v) is 2.77. The van der Waals surface area contributed by atoms with Crippen LogP contribution in [0.3, 0.4) is 0 Å². The highest BCUT2D eigenvalue weighted by molar-refractivity contribution is 6.05. The summed E-state index contributed by atoms with van der Waals surface area (Å²) < 4.78 is 0. The van der Waals surface area contributed by atoms with Gasteiger partial charge in [0.15, 0.2) is 0 Å². The van der Waals surface area contributed by atoms with Crippen LogP contribution < -0.4 is 11.3 Å². The molecule has 4 N–H and O–H groups in total. The molecule has 0 bridgehead atoms. The van der Waals surface area contributed by atoms with Gasteiger partial charge in [0, 0.05) is 12.1 Å². The summed E-state index contributed by atoms with van der Waals surface area (Å²) in [6.07, 6.45) is 0. The van der Waals surface area contributed by atoms with Gasteiger partial charge in [-0.25, -0.2) is 10.6 Å². The van der Waals surface area contributed by atoms with E-state index in [9.17, 15) is 19.7 Å². The highest BCUT2D eigenvalue weighted by Gasteiger charge is 2.19. The number of non-ortho nitro benzene ring substituents is 1. The maximum atomic E-state index is 11.2. The quantitative estimate of drug-likeness (QED) is 0.284. The molecule has 1 aromatic carbocycles. The first kappa shape index (κ1) is 11.6. The van der Waals surface area contributed by atoms with E-state index in [2.05, 4.69) is 0 Å². The van der Waals surface area contributed by atoms with Crippen molar-refractivity contribution in [2.75, 3.05) is 0 Å². The SMILES string of the molecule is NNC(=O)c1ccc([N+](=O)[O-])cc1C(=O)O. The second-order valence-electron chi connectivity index (χ2n) is 2.77. The molecular formula is C8H7N3O5. The summed E-state index contributed by atoms with van der Waals surface area (Å²) in [5.41, 5.74) is 0.632. The zero-order chi connectivity index (χ0) is 12.3. The minimum absolute atomic E-state index is 0.236. The minimum atomic E-state index is -1.44. The molecule has 0 saturated heterocycles. The van der Waals surface area contributed by atoms with Crippen molar-refractivity contribution >= 4 is 17.6 Å². The Morgan fingerprint density at radius 2 is 2.00 bits per heavy atom. The molecule has 1 amide bonds. The van der Waals surface area contributed by atoms with Gasteiger partial charge in [-0.1, -0.05) is 0 Å². The van der Waals surface area contributed by atoms with Crippen molar-refractivity contribution in [2.45, 2.75) is 0 Å². The van der Waals surface area contributed by atoms with E-state index in [0.717, 1.165) is 18.2 Å². The standard InChI is InChI=1S/C8H7N3O5/c9-10-7(12)5-2-1-4(11(15)16)3-6(5)8(13)14/h1-3H,9H2,(H,10,12)(H,13,14). The monoisotopic (exact) mass is 225 g/mol. The molecule has 0 aromatic heterocycles. The van der Waals surface area contributed by atoms with Crippen molar-refractivity contribution < 1.29 is 19.6 Å². The van der Waals surface area contributed by atoms with Gasteiger partial charge in [-0.05, 0) is 6.07 Å². The smallest absolute Gasteiger partial charge is 0.336 e. The van der Waals surface area contributed by atoms with Gasteiger partial charge in [-0.2, -0.15) is 0 Å². The number of rotatable bonds is 3. The number of carboxylic acid groups (broad SMARTS) is 1. The Labute approximate surface area is 88.8 Å². The number of carboxylic acids is 1. The molecule has 8 nitrogen and oxygen atoms in total. The van der Waals surface area contributed by atoms with Crippen LogP contribution in [0.2, 0.25) is 0 Å². The van der Waals surface area contributed by atoms with Crippen LogP contribution in [0.15, 0.2) is 18.2 Å². The Kier molecular flexibility index (Phi) is 3.16. The van der Waals surface area contributed by atoms with E-state index in [0.29, 0.717) is 0 Å². The summed E-state index contributed by atoms with van der Waals surface area (Å²) >= 11 is 0. The summed E-state index contributed by atoms with van der Waals surface area (Å²) in [7, 11) is 0. The third-order valence-corrected chi connectivity index (χ3v) is 1.82. The molecule has 0 fully saturated rings. The van der Waals surface area contributed by atoms with Crippen LogP contribution >= 0.6 is 0 Å². The van der Waals surface area contributed by atoms with Crippen LogP contribution in [-0.2, 0) is 0 Å². The van der Waals surface area contributed by atoms with Gasteiger partial charge in [-0.3, -0.25) is 20.3 Å². The molecule has 0 spiro atoms. The van der Waals surface area contributed by atoms with Crippen molar-refractivity contribution in [3.63, 3.8) is 0 Å². The molecule has 1 aromatic rings. The van der Waals surface area contributed by atoms with Crippen LogP contribution in [0.5, 0.6) is 0 Å². The lowest BCUT2D eigenvalue weighted by Crippen LogP contribution is -2.31. The zero-order valence-corrected chi connectivity index (χ0v) is 7.84. The van der Waals surface area contributed by atoms with Gasteiger partial charge >= 0.3 is 5.97 Å². The van der Waals surface area contributed by atoms with Gasteiger partial charge in [-0.15, -0.1) is 0 Å². The topological polar surface area (TPSA) is 136 Å². The molecule has 0 atom stereocenters. The number of carbonyl (C=O) groups is 2. The number of nitrogen functional groups attached to an aromatic ring is 1. The molecule has 0 heterocycles. The van der Waals surface area contributed by atoms with E-state index in [-0.39, 0.29) is 5.56 Å². The lowest BCUT2D eigenvalue weighted by molar-refractivity contribution is -0.384. The first-order chi connectivity index (χ1) is 7.47. The fourth-order valence-electron chi connectivity index (χ4n) is 1.10. The van der Waals surface area contributed by atoms with Crippen molar-refractivity contribution in [3.05, 3.63) is 39.4 Å². The normalized spacial score (nSPS) is 9.56. The van der Waals surface area contributed by atoms with Crippen LogP contribution in [0.4, 0.5) is 5.69 Å². The van der Waals surface area contributed by atoms with E-state index in [1.54, 1.807) is 5.43 Å². The summed E-state index contributed by atoms with van der Waals surface area (Å²) in [6.45, 7) is 0. The van der Waals surface area contributed by atoms with E-state index < -0.39 is 28.1 Å². The highest BCUT2D eigenvalue weighted by atomic mass is 16.6. The van der Waals surface area contributed by atoms with Crippen molar-refractivity contribution in [1.82, 2.24) is 5.43 Å². The van der Waals surface area contributed by atoms with Crippen LogP contribution in [0.25, 0.3) is 0 Å². The third-order valence-electron chi connectivity index (χ3n) is 1.82. The first-order valence-electron chi connectivity index (χ1n) is 4.00. The Bertz CT molecular complexity index is 471. The number of aromatic carboxylic acids is 1. The molecule has 0 radical (unpaired) electrons. The van der Waals surface area contributed by atoms with E-state index >= 15 is 0 Å². The Morgan fingerprint density at radius 1 is 1.38 bits per heavy atom. The Morgan fingerprint density at radius 3 is 2.44 bits per heavy atom. The first-order valence-corrected chi connectivity index (χ1v) is 4.00. The van der Waals surface area contributed by atoms with Crippen molar-refractivity contribution in [1.29, 1.82) is 0 Å². The van der Waals surface area contributed by atoms with Crippen molar-refractivity contribution in [2.24, 2.45) is 5.84 Å². The molecule has 16 heavy (non-hydrogen) atoms. The number of nitro groups is 1. The number of nitro benzene ring substituents is 1. The highest BCUT2D eigenvalue weighted by Crippen LogP contribution is 2.17. The predicted molar refractivity (Wildman–Crippen MR) is 51.7 cm³/mol. The van der Waals surface area contributed by atoms with E-state index in [4.69, 9.17) is 10.9 Å². The maximum absolute atomic E-state index is 11.2. The van der Waals surface area contributed by atoms with Crippen LogP contribution in [0, 0.1) is 10.1 Å². The van der Waals surface area contributed by atoms with E-state index in [1.807, 2.05) is 0 Å². The molecule has 0 saturated carbocycles. The molecule has 0 aliphatic rings. The fourth-order valence-corrected chi connectivity index (χ4v) is 1.10. The average molecular weight is 225 g/mol. The fraction of sp³-hybridized carbons (Fsp3) is 0. The lowest BCUT2D eigenvalue weighted by Gasteiger charge is -2.03. The van der Waals surface area contributed by atoms with Crippen molar-refractivity contribution in [3.8, 4) is 0 Å². The number of carbonyl (C=O) groups excluding carboxylic acids is 1. The molecule has 0 aliphatic carbocycles. The number of nitrogens with one attached hydrogen (secondary N) is 1. The molecule has 84 valence electrons. The maximum Gasteiger partial charge on any atom is 0.336 e. The molecule has 1 rings (SSSR count). The average Bonchev–Trinajstić information content (AvgIpc) is 2.26. The van der Waals surface area contributed by atoms with Gasteiger partial charge in [0.25, 0.3) is 11.6 Å². The number of hydrazine groups is 1. The van der Waals surface area contributed by atoms with Crippen LogP contribution in [-0.4, -0.2) is 21.9 Å². The van der Waals surface area contributed by atoms with Crippen LogP contribution in [0.1, 0.15) is 20.7 Å². The van der Waals surface area contributed by atoms with Gasteiger partial charge in [0.05, 0.1) is 16.1 Å². The van der Waals surface area contributed by atoms with E-state index in [1.165, 1.54) is 0 Å². The summed E-state index contributed by atoms with van der Waals surface area (Å²) in [5, 5.41) is 19.2.